The van der Waals surface area contributed by atoms with Gasteiger partial charge in [-0.25, -0.2) is 0 Å². The molecule has 1 aromatic heterocycles. The second-order valence-corrected chi connectivity index (χ2v) is 5.26. The predicted octanol–water partition coefficient (Wildman–Crippen LogP) is 2.87. The third-order valence-corrected chi connectivity index (χ3v) is 3.06. The van der Waals surface area contributed by atoms with Crippen molar-refractivity contribution in [3.63, 3.8) is 0 Å². The number of nitrogens with zero attached hydrogens (tertiary/aromatic N) is 1. The van der Waals surface area contributed by atoms with Gasteiger partial charge in [0.05, 0.1) is 12.8 Å². The van der Waals surface area contributed by atoms with Gasteiger partial charge in [-0.05, 0) is 38.0 Å². The van der Waals surface area contributed by atoms with Crippen LogP contribution in [0.15, 0.2) is 36.4 Å². The van der Waals surface area contributed by atoms with Gasteiger partial charge in [-0.15, -0.1) is 0 Å². The normalized spacial score (nSPS) is 12.0. The highest BCUT2D eigenvalue weighted by atomic mass is 16.5. The zero-order valence-corrected chi connectivity index (χ0v) is 12.8. The van der Waals surface area contributed by atoms with E-state index in [4.69, 9.17) is 15.2 Å². The van der Waals surface area contributed by atoms with Gasteiger partial charge in [0.1, 0.15) is 18.1 Å². The van der Waals surface area contributed by atoms with Crippen molar-refractivity contribution in [2.75, 3.05) is 7.11 Å². The fraction of sp³-hybridized carbons (Fsp3) is 0.353. The van der Waals surface area contributed by atoms with E-state index in [-0.39, 0.29) is 6.04 Å². The maximum absolute atomic E-state index is 5.82. The summed E-state index contributed by atoms with van der Waals surface area (Å²) < 4.78 is 11.1. The molecule has 0 aliphatic rings. The Morgan fingerprint density at radius 1 is 1.19 bits per heavy atom. The van der Waals surface area contributed by atoms with E-state index in [2.05, 4.69) is 11.1 Å². The average Bonchev–Trinajstić information content (AvgIpc) is 2.44. The Morgan fingerprint density at radius 3 is 2.71 bits per heavy atom. The molecule has 1 heterocycles. The van der Waals surface area contributed by atoms with Crippen LogP contribution in [0.1, 0.15) is 23.9 Å². The molecule has 0 aliphatic heterocycles. The van der Waals surface area contributed by atoms with E-state index in [0.717, 1.165) is 29.3 Å². The number of rotatable bonds is 6. The summed E-state index contributed by atoms with van der Waals surface area (Å²) in [5.41, 5.74) is 8.77. The van der Waals surface area contributed by atoms with E-state index in [1.165, 1.54) is 5.56 Å². The number of methoxy groups -OCH3 is 1. The summed E-state index contributed by atoms with van der Waals surface area (Å²) in [6.07, 6.45) is 0.841. The van der Waals surface area contributed by atoms with Gasteiger partial charge in [0.25, 0.3) is 0 Å². The molecule has 4 heteroatoms. The summed E-state index contributed by atoms with van der Waals surface area (Å²) in [6, 6.07) is 11.9. The van der Waals surface area contributed by atoms with E-state index in [9.17, 15) is 0 Å². The molecule has 21 heavy (non-hydrogen) atoms. The molecule has 0 radical (unpaired) electrons. The first-order valence-corrected chi connectivity index (χ1v) is 7.05. The minimum absolute atomic E-state index is 0.142. The first-order valence-electron chi connectivity index (χ1n) is 7.05. The van der Waals surface area contributed by atoms with Gasteiger partial charge in [0.2, 0.25) is 0 Å². The average molecular weight is 286 g/mol. The molecule has 0 aliphatic carbocycles. The van der Waals surface area contributed by atoms with Gasteiger partial charge in [-0.3, -0.25) is 4.98 Å². The molecule has 4 nitrogen and oxygen atoms in total. The van der Waals surface area contributed by atoms with Crippen LogP contribution in [-0.2, 0) is 13.0 Å². The molecule has 0 fully saturated rings. The van der Waals surface area contributed by atoms with E-state index in [0.29, 0.717) is 6.61 Å². The van der Waals surface area contributed by atoms with Crippen molar-refractivity contribution in [3.8, 4) is 11.5 Å². The lowest BCUT2D eigenvalue weighted by Crippen LogP contribution is -2.17. The number of nitrogens with two attached hydrogens (primary N) is 1. The molecule has 0 saturated carbocycles. The molecule has 0 bridgehead atoms. The first-order chi connectivity index (χ1) is 10.1. The summed E-state index contributed by atoms with van der Waals surface area (Å²) in [4.78, 5) is 4.44. The summed E-state index contributed by atoms with van der Waals surface area (Å²) in [5, 5.41) is 0. The van der Waals surface area contributed by atoms with Crippen molar-refractivity contribution in [1.82, 2.24) is 4.98 Å². The van der Waals surface area contributed by atoms with Crippen LogP contribution in [0.3, 0.4) is 0 Å². The number of ether oxygens (including phenoxy) is 2. The van der Waals surface area contributed by atoms with Crippen molar-refractivity contribution >= 4 is 0 Å². The highest BCUT2D eigenvalue weighted by molar-refractivity contribution is 5.30. The molecule has 1 unspecified atom stereocenters. The van der Waals surface area contributed by atoms with Crippen molar-refractivity contribution in [2.24, 2.45) is 5.73 Å². The lowest BCUT2D eigenvalue weighted by Gasteiger charge is -2.10. The van der Waals surface area contributed by atoms with E-state index in [1.807, 2.05) is 44.2 Å². The fourth-order valence-electron chi connectivity index (χ4n) is 2.19. The van der Waals surface area contributed by atoms with E-state index < -0.39 is 0 Å². The fourth-order valence-corrected chi connectivity index (χ4v) is 2.19. The van der Waals surface area contributed by atoms with Gasteiger partial charge in [-0.2, -0.15) is 0 Å². The highest BCUT2D eigenvalue weighted by Gasteiger charge is 2.04. The SMILES string of the molecule is COc1cc(C)nc(COc2cccc(CC(C)N)c2)c1. The first kappa shape index (κ1) is 15.3. The third-order valence-electron chi connectivity index (χ3n) is 3.06. The second-order valence-electron chi connectivity index (χ2n) is 5.26. The van der Waals surface area contributed by atoms with Crippen LogP contribution in [0.25, 0.3) is 0 Å². The van der Waals surface area contributed by atoms with Crippen LogP contribution in [0, 0.1) is 6.92 Å². The number of hydrogen-bond acceptors (Lipinski definition) is 4. The van der Waals surface area contributed by atoms with Gasteiger partial charge in [0.15, 0.2) is 0 Å². The molecule has 0 saturated heterocycles. The van der Waals surface area contributed by atoms with E-state index in [1.54, 1.807) is 7.11 Å². The van der Waals surface area contributed by atoms with Crippen LogP contribution < -0.4 is 15.2 Å². The molecule has 0 spiro atoms. The Labute approximate surface area is 125 Å². The zero-order chi connectivity index (χ0) is 15.2. The van der Waals surface area contributed by atoms with Crippen molar-refractivity contribution in [1.29, 1.82) is 0 Å². The Morgan fingerprint density at radius 2 is 2.00 bits per heavy atom. The molecule has 2 N–H and O–H groups in total. The van der Waals surface area contributed by atoms with Crippen molar-refractivity contribution in [3.05, 3.63) is 53.3 Å². The standard InChI is InChI=1S/C17H22N2O2/c1-12(18)7-14-5-4-6-16(9-14)21-11-15-10-17(20-3)8-13(2)19-15/h4-6,8-10,12H,7,11,18H2,1-3H3. The summed E-state index contributed by atoms with van der Waals surface area (Å²) in [6.45, 7) is 4.35. The summed E-state index contributed by atoms with van der Waals surface area (Å²) in [5.74, 6) is 1.63. The highest BCUT2D eigenvalue weighted by Crippen LogP contribution is 2.18. The lowest BCUT2D eigenvalue weighted by atomic mass is 10.1. The Balaban J connectivity index is 2.04. The number of aryl methyl sites for hydroxylation is 1. The minimum Gasteiger partial charge on any atom is -0.497 e. The summed E-state index contributed by atoms with van der Waals surface area (Å²) >= 11 is 0. The molecule has 0 amide bonds. The molecule has 1 atom stereocenters. The van der Waals surface area contributed by atoms with Gasteiger partial charge < -0.3 is 15.2 Å². The molecular formula is C17H22N2O2. The maximum atomic E-state index is 5.82. The predicted molar refractivity (Wildman–Crippen MR) is 83.7 cm³/mol. The quantitative estimate of drug-likeness (QED) is 0.887. The molecule has 112 valence electrons. The smallest absolute Gasteiger partial charge is 0.130 e. The minimum atomic E-state index is 0.142. The topological polar surface area (TPSA) is 57.4 Å². The number of aromatic nitrogens is 1. The second kappa shape index (κ2) is 7.09. The zero-order valence-electron chi connectivity index (χ0n) is 12.8. The van der Waals surface area contributed by atoms with Gasteiger partial charge >= 0.3 is 0 Å². The lowest BCUT2D eigenvalue weighted by molar-refractivity contribution is 0.299. The molecule has 2 rings (SSSR count). The van der Waals surface area contributed by atoms with Gasteiger partial charge in [-0.1, -0.05) is 12.1 Å². The number of hydrogen-bond donors (Lipinski definition) is 1. The van der Waals surface area contributed by atoms with Gasteiger partial charge in [0, 0.05) is 23.9 Å². The molecule has 2 aromatic rings. The van der Waals surface area contributed by atoms with Crippen molar-refractivity contribution in [2.45, 2.75) is 32.9 Å². The Kier molecular flexibility index (Phi) is 5.17. The Hall–Kier alpha value is -2.07. The monoisotopic (exact) mass is 286 g/mol. The third kappa shape index (κ3) is 4.76. The molecule has 1 aromatic carbocycles. The number of pyridine rings is 1. The van der Waals surface area contributed by atoms with Crippen LogP contribution in [0.2, 0.25) is 0 Å². The van der Waals surface area contributed by atoms with Crippen LogP contribution >= 0.6 is 0 Å². The number of benzene rings is 1. The Bertz CT molecular complexity index is 597. The molecular weight excluding hydrogens is 264 g/mol. The van der Waals surface area contributed by atoms with Crippen LogP contribution in [0.5, 0.6) is 11.5 Å². The van der Waals surface area contributed by atoms with Crippen molar-refractivity contribution < 1.29 is 9.47 Å². The summed E-state index contributed by atoms with van der Waals surface area (Å²) in [7, 11) is 1.65. The van der Waals surface area contributed by atoms with Crippen LogP contribution in [-0.4, -0.2) is 18.1 Å². The van der Waals surface area contributed by atoms with E-state index >= 15 is 0 Å². The largest absolute Gasteiger partial charge is 0.497 e. The maximum Gasteiger partial charge on any atom is 0.130 e. The van der Waals surface area contributed by atoms with Crippen LogP contribution in [0.4, 0.5) is 0 Å².